The minimum atomic E-state index is -4.68. The smallest absolute Gasteiger partial charge is 0.223 e. The maximum absolute atomic E-state index is 12.9. The molecule has 11 heteroatoms. The minimum Gasteiger partial charge on any atom is -0.223 e. The molecule has 0 amide bonds. The van der Waals surface area contributed by atoms with E-state index < -0.39 is 52.8 Å². The Morgan fingerprint density at radius 1 is 1.00 bits per heavy atom. The molecule has 0 spiro atoms. The van der Waals surface area contributed by atoms with Gasteiger partial charge in [-0.3, -0.25) is 0 Å². The molecule has 0 aliphatic rings. The Kier molecular flexibility index (Phi) is 6.44. The van der Waals surface area contributed by atoms with Gasteiger partial charge in [-0.2, -0.15) is 13.2 Å². The highest BCUT2D eigenvalue weighted by Crippen LogP contribution is 2.33. The second-order valence-corrected chi connectivity index (χ2v) is 11.8. The molecule has 1 N–H and O–H groups in total. The predicted octanol–water partition coefficient (Wildman–Crippen LogP) is 4.20. The van der Waals surface area contributed by atoms with Crippen molar-refractivity contribution in [3.8, 4) is 0 Å². The summed E-state index contributed by atoms with van der Waals surface area (Å²) >= 11 is 5.74. The van der Waals surface area contributed by atoms with Crippen molar-refractivity contribution in [1.29, 1.82) is 0 Å². The number of sulfone groups is 1. The number of halogens is 4. The van der Waals surface area contributed by atoms with Crippen LogP contribution in [0.5, 0.6) is 0 Å². The third-order valence-electron chi connectivity index (χ3n) is 4.26. The highest BCUT2D eigenvalue weighted by Gasteiger charge is 2.37. The fraction of sp³-hybridized carbons (Fsp3) is 0.333. The van der Waals surface area contributed by atoms with Crippen LogP contribution in [0.3, 0.4) is 0 Å². The fourth-order valence-electron chi connectivity index (χ4n) is 2.44. The summed E-state index contributed by atoms with van der Waals surface area (Å²) < 4.78 is 89.6. The van der Waals surface area contributed by atoms with Crippen LogP contribution < -0.4 is 4.72 Å². The zero-order valence-corrected chi connectivity index (χ0v) is 18.1. The van der Waals surface area contributed by atoms with Gasteiger partial charge in [0.2, 0.25) is 10.0 Å². The van der Waals surface area contributed by atoms with Gasteiger partial charge in [0.1, 0.15) is 4.90 Å². The Morgan fingerprint density at radius 3 is 2.14 bits per heavy atom. The molecule has 160 valence electrons. The van der Waals surface area contributed by atoms with Gasteiger partial charge in [0, 0.05) is 6.54 Å². The Balaban J connectivity index is 2.29. The maximum atomic E-state index is 12.9. The van der Waals surface area contributed by atoms with E-state index in [4.69, 9.17) is 11.6 Å². The molecule has 0 unspecified atom stereocenters. The molecule has 0 aliphatic carbocycles. The largest absolute Gasteiger partial charge is 0.416 e. The van der Waals surface area contributed by atoms with E-state index in [2.05, 4.69) is 4.72 Å². The van der Waals surface area contributed by atoms with E-state index in [-0.39, 0.29) is 4.90 Å². The van der Waals surface area contributed by atoms with Gasteiger partial charge < -0.3 is 0 Å². The Bertz CT molecular complexity index is 1130. The van der Waals surface area contributed by atoms with Crippen molar-refractivity contribution in [2.24, 2.45) is 0 Å². The number of aryl methyl sites for hydroxylation is 1. The Morgan fingerprint density at radius 2 is 1.62 bits per heavy atom. The first-order chi connectivity index (χ1) is 13.1. The van der Waals surface area contributed by atoms with Gasteiger partial charge >= 0.3 is 6.18 Å². The summed E-state index contributed by atoms with van der Waals surface area (Å²) in [7, 11) is -8.26. The van der Waals surface area contributed by atoms with Crippen LogP contribution in [0.25, 0.3) is 0 Å². The minimum absolute atomic E-state index is 0.0364. The van der Waals surface area contributed by atoms with Crippen LogP contribution in [0.15, 0.2) is 52.3 Å². The number of hydrogen-bond acceptors (Lipinski definition) is 4. The average molecular weight is 470 g/mol. The molecule has 2 aromatic carbocycles. The SMILES string of the molecule is Cc1cccc(S(=O)(=O)C(C)(C)CNS(=O)(=O)c2ccc(C(F)(F)F)cc2Cl)c1. The van der Waals surface area contributed by atoms with Crippen molar-refractivity contribution in [1.82, 2.24) is 4.72 Å². The van der Waals surface area contributed by atoms with Crippen LogP contribution in [0.2, 0.25) is 5.02 Å². The molecule has 0 aliphatic heterocycles. The Labute approximate surface area is 172 Å². The van der Waals surface area contributed by atoms with E-state index in [1.807, 2.05) is 0 Å². The van der Waals surface area contributed by atoms with Crippen LogP contribution in [-0.4, -0.2) is 28.1 Å². The first-order valence-corrected chi connectivity index (χ1v) is 11.6. The molecule has 0 atom stereocenters. The van der Waals surface area contributed by atoms with Crippen LogP contribution in [0.1, 0.15) is 25.0 Å². The molecule has 2 rings (SSSR count). The van der Waals surface area contributed by atoms with Gasteiger partial charge in [-0.15, -0.1) is 0 Å². The maximum Gasteiger partial charge on any atom is 0.416 e. The van der Waals surface area contributed by atoms with Crippen molar-refractivity contribution in [2.45, 2.75) is 41.5 Å². The van der Waals surface area contributed by atoms with E-state index in [0.717, 1.165) is 11.6 Å². The normalized spacial score (nSPS) is 13.5. The van der Waals surface area contributed by atoms with Crippen molar-refractivity contribution in [3.63, 3.8) is 0 Å². The first kappa shape index (κ1) is 23.7. The summed E-state index contributed by atoms with van der Waals surface area (Å²) in [5.41, 5.74) is -0.372. The van der Waals surface area contributed by atoms with E-state index in [0.29, 0.717) is 12.1 Å². The van der Waals surface area contributed by atoms with Gasteiger partial charge in [-0.25, -0.2) is 21.6 Å². The van der Waals surface area contributed by atoms with Crippen LogP contribution in [0.4, 0.5) is 13.2 Å². The highest BCUT2D eigenvalue weighted by molar-refractivity contribution is 7.93. The predicted molar refractivity (Wildman–Crippen MR) is 104 cm³/mol. The van der Waals surface area contributed by atoms with Gasteiger partial charge in [-0.05, 0) is 56.7 Å². The van der Waals surface area contributed by atoms with E-state index >= 15 is 0 Å². The number of benzene rings is 2. The number of hydrogen-bond donors (Lipinski definition) is 1. The van der Waals surface area contributed by atoms with E-state index in [1.54, 1.807) is 19.1 Å². The molecule has 29 heavy (non-hydrogen) atoms. The molecule has 0 heterocycles. The lowest BCUT2D eigenvalue weighted by molar-refractivity contribution is -0.137. The van der Waals surface area contributed by atoms with Crippen LogP contribution >= 0.6 is 11.6 Å². The van der Waals surface area contributed by atoms with Crippen molar-refractivity contribution < 1.29 is 30.0 Å². The quantitative estimate of drug-likeness (QED) is 0.687. The second-order valence-electron chi connectivity index (χ2n) is 7.05. The van der Waals surface area contributed by atoms with Crippen LogP contribution in [-0.2, 0) is 26.0 Å². The monoisotopic (exact) mass is 469 g/mol. The molecule has 5 nitrogen and oxygen atoms in total. The van der Waals surface area contributed by atoms with E-state index in [1.165, 1.54) is 26.0 Å². The lowest BCUT2D eigenvalue weighted by Crippen LogP contribution is -2.44. The summed E-state index contributed by atoms with van der Waals surface area (Å²) in [6, 6.07) is 8.00. The summed E-state index contributed by atoms with van der Waals surface area (Å²) in [6.07, 6.45) is -4.68. The third-order valence-corrected chi connectivity index (χ3v) is 8.62. The molecule has 0 saturated carbocycles. The van der Waals surface area contributed by atoms with Gasteiger partial charge in [0.25, 0.3) is 0 Å². The summed E-state index contributed by atoms with van der Waals surface area (Å²) in [5.74, 6) is 0. The molecule has 0 radical (unpaired) electrons. The van der Waals surface area contributed by atoms with Crippen molar-refractivity contribution in [2.75, 3.05) is 6.54 Å². The first-order valence-electron chi connectivity index (χ1n) is 8.26. The second kappa shape index (κ2) is 7.90. The van der Waals surface area contributed by atoms with Gasteiger partial charge in [0.15, 0.2) is 9.84 Å². The number of alkyl halides is 3. The van der Waals surface area contributed by atoms with Crippen molar-refractivity contribution in [3.05, 3.63) is 58.6 Å². The molecule has 0 bridgehead atoms. The molecular weight excluding hydrogens is 451 g/mol. The lowest BCUT2D eigenvalue weighted by atomic mass is 10.2. The number of sulfonamides is 1. The fourth-order valence-corrected chi connectivity index (χ4v) is 5.78. The van der Waals surface area contributed by atoms with E-state index in [9.17, 15) is 30.0 Å². The Hall–Kier alpha value is -1.62. The zero-order chi connectivity index (χ0) is 22.3. The lowest BCUT2D eigenvalue weighted by Gasteiger charge is -2.25. The van der Waals surface area contributed by atoms with Gasteiger partial charge in [0.05, 0.1) is 20.2 Å². The standard InChI is InChI=1S/C18H19ClF3NO4S2/c1-12-5-4-6-14(9-12)28(24,25)17(2,3)11-23-29(26,27)16-8-7-13(10-15(16)19)18(20,21)22/h4-10,23H,11H2,1-3H3. The van der Waals surface area contributed by atoms with Crippen LogP contribution in [0, 0.1) is 6.92 Å². The zero-order valence-electron chi connectivity index (χ0n) is 15.7. The number of nitrogens with one attached hydrogen (secondary N) is 1. The summed E-state index contributed by atoms with van der Waals surface area (Å²) in [4.78, 5) is -0.537. The molecule has 0 saturated heterocycles. The molecular formula is C18H19ClF3NO4S2. The average Bonchev–Trinajstić information content (AvgIpc) is 2.59. The topological polar surface area (TPSA) is 80.3 Å². The molecule has 0 aromatic heterocycles. The summed E-state index contributed by atoms with van der Waals surface area (Å²) in [5, 5.41) is -0.619. The highest BCUT2D eigenvalue weighted by atomic mass is 35.5. The molecule has 2 aromatic rings. The van der Waals surface area contributed by atoms with Crippen molar-refractivity contribution >= 4 is 31.5 Å². The number of rotatable bonds is 6. The van der Waals surface area contributed by atoms with Gasteiger partial charge in [-0.1, -0.05) is 23.7 Å². The summed E-state index contributed by atoms with van der Waals surface area (Å²) in [6.45, 7) is 3.91. The molecule has 0 fully saturated rings. The third kappa shape index (κ3) is 5.11.